The van der Waals surface area contributed by atoms with Gasteiger partial charge in [0.1, 0.15) is 0 Å². The molecule has 3 aliphatic rings. The van der Waals surface area contributed by atoms with Gasteiger partial charge in [-0.15, -0.1) is 0 Å². The number of carbonyl (C=O) groups excluding carboxylic acids is 2. The van der Waals surface area contributed by atoms with Crippen LogP contribution < -0.4 is 5.32 Å². The van der Waals surface area contributed by atoms with Crippen molar-refractivity contribution in [3.8, 4) is 0 Å². The fraction of sp³-hybridized carbons (Fsp3) is 0.769. The number of nitrogens with one attached hydrogen (secondary N) is 1. The van der Waals surface area contributed by atoms with Gasteiger partial charge in [0.2, 0.25) is 5.91 Å². The minimum Gasteiger partial charge on any atom is -0.481 e. The van der Waals surface area contributed by atoms with E-state index in [2.05, 4.69) is 5.32 Å². The Labute approximate surface area is 116 Å². The van der Waals surface area contributed by atoms with Crippen molar-refractivity contribution in [3.05, 3.63) is 0 Å². The van der Waals surface area contributed by atoms with Crippen molar-refractivity contribution in [1.82, 2.24) is 15.1 Å². The van der Waals surface area contributed by atoms with Gasteiger partial charge in [0.25, 0.3) is 0 Å². The highest BCUT2D eigenvalue weighted by Crippen LogP contribution is 2.40. The molecule has 2 unspecified atom stereocenters. The summed E-state index contributed by atoms with van der Waals surface area (Å²) < 4.78 is 0. The average molecular weight is 281 g/mol. The fourth-order valence-electron chi connectivity index (χ4n) is 3.21. The molecule has 0 radical (unpaired) electrons. The number of urea groups is 1. The molecular weight excluding hydrogens is 262 g/mol. The van der Waals surface area contributed by atoms with Crippen LogP contribution in [0.1, 0.15) is 19.3 Å². The molecule has 0 aromatic heterocycles. The Kier molecular flexibility index (Phi) is 3.27. The van der Waals surface area contributed by atoms with Crippen LogP contribution in [0.25, 0.3) is 0 Å². The molecule has 0 bridgehead atoms. The first kappa shape index (κ1) is 13.2. The van der Waals surface area contributed by atoms with E-state index in [4.69, 9.17) is 5.11 Å². The Morgan fingerprint density at radius 3 is 2.35 bits per heavy atom. The first-order valence-corrected chi connectivity index (χ1v) is 7.14. The molecule has 0 spiro atoms. The molecule has 2 N–H and O–H groups in total. The first-order valence-electron chi connectivity index (χ1n) is 7.14. The highest BCUT2D eigenvalue weighted by atomic mass is 16.4. The quantitative estimate of drug-likeness (QED) is 0.744. The van der Waals surface area contributed by atoms with E-state index in [1.54, 1.807) is 4.90 Å². The van der Waals surface area contributed by atoms with Crippen LogP contribution in [0.4, 0.5) is 4.79 Å². The molecule has 1 saturated carbocycles. The van der Waals surface area contributed by atoms with Gasteiger partial charge in [-0.3, -0.25) is 9.59 Å². The van der Waals surface area contributed by atoms with Crippen LogP contribution in [0, 0.1) is 11.8 Å². The van der Waals surface area contributed by atoms with Gasteiger partial charge >= 0.3 is 12.0 Å². The third-order valence-electron chi connectivity index (χ3n) is 4.53. The molecule has 2 atom stereocenters. The van der Waals surface area contributed by atoms with Gasteiger partial charge in [-0.05, 0) is 19.3 Å². The summed E-state index contributed by atoms with van der Waals surface area (Å²) in [5.41, 5.74) is 0. The predicted octanol–water partition coefficient (Wildman–Crippen LogP) is -0.277. The Hall–Kier alpha value is -1.79. The maximum Gasteiger partial charge on any atom is 0.317 e. The summed E-state index contributed by atoms with van der Waals surface area (Å²) in [6.07, 6.45) is 2.04. The molecule has 0 aromatic carbocycles. The molecule has 20 heavy (non-hydrogen) atoms. The van der Waals surface area contributed by atoms with Crippen LogP contribution in [0.15, 0.2) is 0 Å². The summed E-state index contributed by atoms with van der Waals surface area (Å²) in [5, 5.41) is 11.7. The van der Waals surface area contributed by atoms with E-state index in [0.29, 0.717) is 26.1 Å². The van der Waals surface area contributed by atoms with Crippen molar-refractivity contribution < 1.29 is 19.5 Å². The molecule has 0 aromatic rings. The second-order valence-corrected chi connectivity index (χ2v) is 5.77. The van der Waals surface area contributed by atoms with Gasteiger partial charge < -0.3 is 20.2 Å². The molecule has 2 saturated heterocycles. The number of carboxylic acid groups (broad SMARTS) is 1. The lowest BCUT2D eigenvalue weighted by Gasteiger charge is -2.36. The standard InChI is InChI=1S/C13H19N3O4/c17-11(9-7-10(9)12(18)19)15-4-1-8(2-5-15)16-6-3-14-13(16)20/h8-10H,1-7H2,(H,14,20)(H,18,19). The Bertz CT molecular complexity index is 445. The van der Waals surface area contributed by atoms with Gasteiger partial charge in [-0.25, -0.2) is 4.79 Å². The topological polar surface area (TPSA) is 89.9 Å². The highest BCUT2D eigenvalue weighted by Gasteiger charge is 2.50. The van der Waals surface area contributed by atoms with Crippen LogP contribution >= 0.6 is 0 Å². The molecule has 3 amide bonds. The number of aliphatic carboxylic acids is 1. The predicted molar refractivity (Wildman–Crippen MR) is 68.9 cm³/mol. The van der Waals surface area contributed by atoms with E-state index in [-0.39, 0.29) is 23.9 Å². The van der Waals surface area contributed by atoms with Crippen LogP contribution in [0.3, 0.4) is 0 Å². The van der Waals surface area contributed by atoms with Crippen LogP contribution in [0.2, 0.25) is 0 Å². The summed E-state index contributed by atoms with van der Waals surface area (Å²) in [6.45, 7) is 2.67. The van der Waals surface area contributed by atoms with Crippen molar-refractivity contribution in [3.63, 3.8) is 0 Å². The number of amides is 3. The second kappa shape index (κ2) is 4.96. The van der Waals surface area contributed by atoms with E-state index in [9.17, 15) is 14.4 Å². The van der Waals surface area contributed by atoms with Crippen molar-refractivity contribution in [2.24, 2.45) is 11.8 Å². The smallest absolute Gasteiger partial charge is 0.317 e. The van der Waals surface area contributed by atoms with E-state index >= 15 is 0 Å². The van der Waals surface area contributed by atoms with Gasteiger partial charge in [-0.2, -0.15) is 0 Å². The van der Waals surface area contributed by atoms with Gasteiger partial charge in [0, 0.05) is 32.2 Å². The third kappa shape index (κ3) is 2.32. The zero-order valence-electron chi connectivity index (χ0n) is 11.2. The van der Waals surface area contributed by atoms with Gasteiger partial charge in [-0.1, -0.05) is 0 Å². The van der Waals surface area contributed by atoms with E-state index in [0.717, 1.165) is 19.4 Å². The van der Waals surface area contributed by atoms with Crippen molar-refractivity contribution in [2.45, 2.75) is 25.3 Å². The molecule has 1 aliphatic carbocycles. The van der Waals surface area contributed by atoms with E-state index in [1.807, 2.05) is 4.90 Å². The zero-order valence-corrected chi connectivity index (χ0v) is 11.2. The minimum absolute atomic E-state index is 0.0112. The van der Waals surface area contributed by atoms with E-state index < -0.39 is 11.9 Å². The average Bonchev–Trinajstić information content (AvgIpc) is 3.14. The van der Waals surface area contributed by atoms with Crippen molar-refractivity contribution in [2.75, 3.05) is 26.2 Å². The second-order valence-electron chi connectivity index (χ2n) is 5.77. The lowest BCUT2D eigenvalue weighted by molar-refractivity contribution is -0.142. The number of carboxylic acids is 1. The Balaban J connectivity index is 1.50. The molecule has 2 heterocycles. The number of hydrogen-bond acceptors (Lipinski definition) is 3. The Morgan fingerprint density at radius 2 is 1.85 bits per heavy atom. The fourth-order valence-corrected chi connectivity index (χ4v) is 3.21. The lowest BCUT2D eigenvalue weighted by atomic mass is 10.0. The molecule has 2 aliphatic heterocycles. The molecule has 3 rings (SSSR count). The zero-order chi connectivity index (χ0) is 14.3. The number of piperidine rings is 1. The normalized spacial score (nSPS) is 30.3. The summed E-state index contributed by atoms with van der Waals surface area (Å²) in [7, 11) is 0. The maximum atomic E-state index is 12.1. The molecule has 3 fully saturated rings. The Morgan fingerprint density at radius 1 is 1.15 bits per heavy atom. The van der Waals surface area contributed by atoms with Crippen molar-refractivity contribution >= 4 is 17.9 Å². The molecular formula is C13H19N3O4. The summed E-state index contributed by atoms with van der Waals surface area (Å²) in [5.74, 6) is -1.70. The van der Waals surface area contributed by atoms with Crippen LogP contribution in [0.5, 0.6) is 0 Å². The van der Waals surface area contributed by atoms with Gasteiger partial charge in [0.15, 0.2) is 0 Å². The van der Waals surface area contributed by atoms with Crippen LogP contribution in [-0.4, -0.2) is 65.0 Å². The van der Waals surface area contributed by atoms with Crippen molar-refractivity contribution in [1.29, 1.82) is 0 Å². The summed E-state index contributed by atoms with van der Waals surface area (Å²) in [6, 6.07) is 0.193. The molecule has 7 nitrogen and oxygen atoms in total. The molecule has 110 valence electrons. The number of rotatable bonds is 3. The largest absolute Gasteiger partial charge is 0.481 e. The molecule has 7 heteroatoms. The summed E-state index contributed by atoms with van der Waals surface area (Å²) in [4.78, 5) is 38.1. The minimum atomic E-state index is -0.869. The number of nitrogens with zero attached hydrogens (tertiary/aromatic N) is 2. The number of carbonyl (C=O) groups is 3. The monoisotopic (exact) mass is 281 g/mol. The highest BCUT2D eigenvalue weighted by molar-refractivity contribution is 5.89. The maximum absolute atomic E-state index is 12.1. The van der Waals surface area contributed by atoms with Gasteiger partial charge in [0.05, 0.1) is 11.8 Å². The lowest BCUT2D eigenvalue weighted by Crippen LogP contribution is -2.48. The third-order valence-corrected chi connectivity index (χ3v) is 4.53. The number of hydrogen-bond donors (Lipinski definition) is 2. The SMILES string of the molecule is O=C(O)C1CC1C(=O)N1CCC(N2CCNC2=O)CC1. The first-order chi connectivity index (χ1) is 9.58. The number of likely N-dealkylation sites (tertiary alicyclic amines) is 1. The van der Waals surface area contributed by atoms with E-state index in [1.165, 1.54) is 0 Å². The summed E-state index contributed by atoms with van der Waals surface area (Å²) >= 11 is 0. The van der Waals surface area contributed by atoms with Crippen LogP contribution in [-0.2, 0) is 9.59 Å².